The van der Waals surface area contributed by atoms with E-state index in [-0.39, 0.29) is 6.10 Å². The Morgan fingerprint density at radius 1 is 1.80 bits per heavy atom. The van der Waals surface area contributed by atoms with Gasteiger partial charge in [-0.1, -0.05) is 0 Å². The van der Waals surface area contributed by atoms with Crippen molar-refractivity contribution in [3.63, 3.8) is 0 Å². The van der Waals surface area contributed by atoms with Gasteiger partial charge in [-0.25, -0.2) is 4.79 Å². The number of ether oxygens (including phenoxy) is 1. The third kappa shape index (κ3) is 1.29. The Kier molecular flexibility index (Phi) is 1.68. The molecular formula is C7H12O3. The molecule has 0 amide bonds. The third-order valence-corrected chi connectivity index (χ3v) is 1.79. The van der Waals surface area contributed by atoms with E-state index in [2.05, 4.69) is 0 Å². The third-order valence-electron chi connectivity index (χ3n) is 1.79. The molecule has 1 N–H and O–H groups in total. The molecule has 0 aliphatic carbocycles. The second-order valence-electron chi connectivity index (χ2n) is 3.03. The van der Waals surface area contributed by atoms with Crippen LogP contribution in [0.15, 0.2) is 0 Å². The molecule has 2 unspecified atom stereocenters. The van der Waals surface area contributed by atoms with Crippen molar-refractivity contribution in [2.75, 3.05) is 0 Å². The van der Waals surface area contributed by atoms with E-state index in [1.807, 2.05) is 6.92 Å². The molecule has 1 aliphatic heterocycles. The Labute approximate surface area is 60.0 Å². The number of cyclic esters (lactones) is 1. The van der Waals surface area contributed by atoms with Gasteiger partial charge in [0.25, 0.3) is 0 Å². The summed E-state index contributed by atoms with van der Waals surface area (Å²) in [4.78, 5) is 10.9. The van der Waals surface area contributed by atoms with Gasteiger partial charge in [0, 0.05) is 0 Å². The summed E-state index contributed by atoms with van der Waals surface area (Å²) in [6.07, 6.45) is 1.22. The summed E-state index contributed by atoms with van der Waals surface area (Å²) in [5, 5.41) is 9.29. The second-order valence-corrected chi connectivity index (χ2v) is 3.03. The predicted octanol–water partition coefficient (Wildman–Crippen LogP) is 0.463. The molecule has 1 aliphatic rings. The van der Waals surface area contributed by atoms with Crippen LogP contribution in [0.5, 0.6) is 0 Å². The summed E-state index contributed by atoms with van der Waals surface area (Å²) in [5.41, 5.74) is -1.24. The number of rotatable bonds is 0. The van der Waals surface area contributed by atoms with Crippen LogP contribution in [-0.4, -0.2) is 22.8 Å². The van der Waals surface area contributed by atoms with Gasteiger partial charge in [0.1, 0.15) is 0 Å². The van der Waals surface area contributed by atoms with Crippen molar-refractivity contribution in [3.8, 4) is 0 Å². The highest BCUT2D eigenvalue weighted by atomic mass is 16.6. The summed E-state index contributed by atoms with van der Waals surface area (Å²) in [6.45, 7) is 3.31. The van der Waals surface area contributed by atoms with Gasteiger partial charge >= 0.3 is 5.97 Å². The predicted molar refractivity (Wildman–Crippen MR) is 35.4 cm³/mol. The molecule has 1 rings (SSSR count). The average Bonchev–Trinajstić information content (AvgIpc) is 1.81. The SMILES string of the molecule is CC1CCC(C)(O)C(=O)O1. The van der Waals surface area contributed by atoms with Gasteiger partial charge in [-0.3, -0.25) is 0 Å². The lowest BCUT2D eigenvalue weighted by Crippen LogP contribution is -2.43. The van der Waals surface area contributed by atoms with Gasteiger partial charge in [-0.15, -0.1) is 0 Å². The largest absolute Gasteiger partial charge is 0.461 e. The zero-order chi connectivity index (χ0) is 7.78. The number of carbonyl (C=O) groups excluding carboxylic acids is 1. The van der Waals surface area contributed by atoms with Gasteiger partial charge < -0.3 is 9.84 Å². The quantitative estimate of drug-likeness (QED) is 0.502. The molecule has 1 heterocycles. The van der Waals surface area contributed by atoms with Crippen LogP contribution in [0.3, 0.4) is 0 Å². The maximum atomic E-state index is 10.9. The minimum absolute atomic E-state index is 0.0345. The van der Waals surface area contributed by atoms with E-state index >= 15 is 0 Å². The van der Waals surface area contributed by atoms with E-state index in [1.165, 1.54) is 6.92 Å². The average molecular weight is 144 g/mol. The standard InChI is InChI=1S/C7H12O3/c1-5-3-4-7(2,9)6(8)10-5/h5,9H,3-4H2,1-2H3. The molecule has 0 aromatic rings. The van der Waals surface area contributed by atoms with Crippen molar-refractivity contribution >= 4 is 5.97 Å². The van der Waals surface area contributed by atoms with Crippen LogP contribution in [0.1, 0.15) is 26.7 Å². The van der Waals surface area contributed by atoms with Crippen molar-refractivity contribution < 1.29 is 14.6 Å². The molecule has 3 nitrogen and oxygen atoms in total. The van der Waals surface area contributed by atoms with Crippen LogP contribution in [0.2, 0.25) is 0 Å². The molecule has 10 heavy (non-hydrogen) atoms. The Morgan fingerprint density at radius 3 is 2.80 bits per heavy atom. The Morgan fingerprint density at radius 2 is 2.40 bits per heavy atom. The van der Waals surface area contributed by atoms with Crippen LogP contribution in [-0.2, 0) is 9.53 Å². The molecule has 0 spiro atoms. The fourth-order valence-electron chi connectivity index (χ4n) is 0.955. The lowest BCUT2D eigenvalue weighted by atomic mass is 9.96. The molecule has 2 atom stereocenters. The normalized spacial score (nSPS) is 41.1. The molecular weight excluding hydrogens is 132 g/mol. The Bertz CT molecular complexity index is 151. The summed E-state index contributed by atoms with van der Waals surface area (Å²) < 4.78 is 4.81. The number of hydrogen-bond donors (Lipinski definition) is 1. The van der Waals surface area contributed by atoms with E-state index in [1.54, 1.807) is 0 Å². The number of hydrogen-bond acceptors (Lipinski definition) is 3. The van der Waals surface area contributed by atoms with Crippen molar-refractivity contribution in [3.05, 3.63) is 0 Å². The van der Waals surface area contributed by atoms with Crippen LogP contribution < -0.4 is 0 Å². The highest BCUT2D eigenvalue weighted by Crippen LogP contribution is 2.22. The van der Waals surface area contributed by atoms with E-state index < -0.39 is 11.6 Å². The lowest BCUT2D eigenvalue weighted by Gasteiger charge is -2.29. The fraction of sp³-hybridized carbons (Fsp3) is 0.857. The van der Waals surface area contributed by atoms with Gasteiger partial charge in [-0.2, -0.15) is 0 Å². The first-order valence-electron chi connectivity index (χ1n) is 3.46. The molecule has 3 heteroatoms. The van der Waals surface area contributed by atoms with Gasteiger partial charge in [0.2, 0.25) is 0 Å². The van der Waals surface area contributed by atoms with Crippen LogP contribution in [0.25, 0.3) is 0 Å². The van der Waals surface area contributed by atoms with E-state index in [4.69, 9.17) is 4.74 Å². The topological polar surface area (TPSA) is 46.5 Å². The van der Waals surface area contributed by atoms with Crippen molar-refractivity contribution in [1.82, 2.24) is 0 Å². The van der Waals surface area contributed by atoms with Gasteiger partial charge in [0.15, 0.2) is 5.60 Å². The summed E-state index contributed by atoms with van der Waals surface area (Å²) in [6, 6.07) is 0. The van der Waals surface area contributed by atoms with Crippen molar-refractivity contribution in [2.45, 2.75) is 38.4 Å². The first kappa shape index (κ1) is 7.54. The van der Waals surface area contributed by atoms with E-state index in [9.17, 15) is 9.90 Å². The maximum Gasteiger partial charge on any atom is 0.338 e. The highest BCUT2D eigenvalue weighted by molar-refractivity contribution is 5.79. The minimum atomic E-state index is -1.24. The van der Waals surface area contributed by atoms with Crippen LogP contribution in [0, 0.1) is 0 Å². The fourth-order valence-corrected chi connectivity index (χ4v) is 0.955. The first-order valence-corrected chi connectivity index (χ1v) is 3.46. The minimum Gasteiger partial charge on any atom is -0.461 e. The molecule has 1 saturated heterocycles. The van der Waals surface area contributed by atoms with Crippen molar-refractivity contribution in [2.24, 2.45) is 0 Å². The zero-order valence-corrected chi connectivity index (χ0v) is 6.26. The Hall–Kier alpha value is -0.570. The molecule has 1 fully saturated rings. The summed E-state index contributed by atoms with van der Waals surface area (Å²) >= 11 is 0. The van der Waals surface area contributed by atoms with Gasteiger partial charge in [-0.05, 0) is 26.7 Å². The molecule has 0 aromatic heterocycles. The smallest absolute Gasteiger partial charge is 0.338 e. The number of carbonyl (C=O) groups is 1. The molecule has 0 saturated carbocycles. The second kappa shape index (κ2) is 2.23. The van der Waals surface area contributed by atoms with Gasteiger partial charge in [0.05, 0.1) is 6.10 Å². The Balaban J connectivity index is 2.61. The zero-order valence-electron chi connectivity index (χ0n) is 6.26. The van der Waals surface area contributed by atoms with Crippen molar-refractivity contribution in [1.29, 1.82) is 0 Å². The van der Waals surface area contributed by atoms with Crippen LogP contribution in [0.4, 0.5) is 0 Å². The molecule has 0 bridgehead atoms. The summed E-state index contributed by atoms with van der Waals surface area (Å²) in [7, 11) is 0. The highest BCUT2D eigenvalue weighted by Gasteiger charge is 2.37. The van der Waals surface area contributed by atoms with Crippen LogP contribution >= 0.6 is 0 Å². The monoisotopic (exact) mass is 144 g/mol. The molecule has 58 valence electrons. The lowest BCUT2D eigenvalue weighted by molar-refractivity contribution is -0.178. The molecule has 0 radical (unpaired) electrons. The summed E-state index contributed by atoms with van der Waals surface area (Å²) in [5.74, 6) is -0.494. The number of aliphatic hydroxyl groups is 1. The van der Waals surface area contributed by atoms with E-state index in [0.717, 1.165) is 6.42 Å². The van der Waals surface area contributed by atoms with E-state index in [0.29, 0.717) is 6.42 Å². The first-order chi connectivity index (χ1) is 4.52. The maximum absolute atomic E-state index is 10.9. The molecule has 0 aromatic carbocycles. The number of esters is 1.